The number of nitrogens with zero attached hydrogens (tertiary/aromatic N) is 1. The summed E-state index contributed by atoms with van der Waals surface area (Å²) in [4.78, 5) is 31.6. The van der Waals surface area contributed by atoms with E-state index in [1.807, 2.05) is 5.43 Å². The number of carboxylic acids is 1. The van der Waals surface area contributed by atoms with Crippen LogP contribution in [0.2, 0.25) is 0 Å². The molecule has 13 heavy (non-hydrogen) atoms. The van der Waals surface area contributed by atoms with Gasteiger partial charge in [-0.3, -0.25) is 19.8 Å². The van der Waals surface area contributed by atoms with Gasteiger partial charge in [-0.25, -0.2) is 5.01 Å². The Morgan fingerprint density at radius 3 is 2.31 bits per heavy atom. The van der Waals surface area contributed by atoms with Crippen molar-refractivity contribution in [3.63, 3.8) is 0 Å². The lowest BCUT2D eigenvalue weighted by atomic mass is 10.5. The highest BCUT2D eigenvalue weighted by atomic mass is 16.4. The third-order valence-corrected chi connectivity index (χ3v) is 1.06. The summed E-state index contributed by atoms with van der Waals surface area (Å²) in [6.45, 7) is 0.210. The largest absolute Gasteiger partial charge is 0.480 e. The van der Waals surface area contributed by atoms with Gasteiger partial charge in [0, 0.05) is 6.92 Å². The fraction of sp³-hybridized carbons (Fsp3) is 0.500. The number of carboxylic acid groups (broad SMARTS) is 1. The molecule has 0 saturated carbocycles. The van der Waals surface area contributed by atoms with Crippen molar-refractivity contribution in [3.05, 3.63) is 0 Å². The molecule has 0 fully saturated rings. The smallest absolute Gasteiger partial charge is 0.325 e. The topological polar surface area (TPSA) is 113 Å². The van der Waals surface area contributed by atoms with Crippen molar-refractivity contribution in [2.24, 2.45) is 5.73 Å². The fourth-order valence-electron chi connectivity index (χ4n) is 0.626. The number of hydrogen-bond donors (Lipinski definition) is 3. The Morgan fingerprint density at radius 1 is 1.46 bits per heavy atom. The Morgan fingerprint density at radius 2 is 2.00 bits per heavy atom. The lowest BCUT2D eigenvalue weighted by Gasteiger charge is -2.19. The fourth-order valence-corrected chi connectivity index (χ4v) is 0.626. The minimum Gasteiger partial charge on any atom is -0.480 e. The monoisotopic (exact) mass is 189 g/mol. The Hall–Kier alpha value is -1.63. The first-order chi connectivity index (χ1) is 5.97. The molecule has 0 aromatic heterocycles. The first-order valence-electron chi connectivity index (χ1n) is 3.46. The average molecular weight is 189 g/mol. The van der Waals surface area contributed by atoms with Crippen LogP contribution in [0.4, 0.5) is 0 Å². The zero-order valence-electron chi connectivity index (χ0n) is 7.11. The van der Waals surface area contributed by atoms with Crippen LogP contribution in [-0.2, 0) is 14.4 Å². The van der Waals surface area contributed by atoms with Crippen LogP contribution in [0, 0.1) is 0 Å². The summed E-state index contributed by atoms with van der Waals surface area (Å²) in [6, 6.07) is 0. The molecule has 0 aromatic carbocycles. The van der Waals surface area contributed by atoms with E-state index in [1.54, 1.807) is 0 Å². The number of aliphatic carboxylic acids is 1. The summed E-state index contributed by atoms with van der Waals surface area (Å²) in [5.74, 6) is -2.41. The molecule has 0 radical (unpaired) electrons. The van der Waals surface area contributed by atoms with E-state index in [-0.39, 0.29) is 6.54 Å². The molecule has 4 N–H and O–H groups in total. The quantitative estimate of drug-likeness (QED) is 0.440. The van der Waals surface area contributed by atoms with Gasteiger partial charge in [0.25, 0.3) is 5.91 Å². The van der Waals surface area contributed by atoms with Gasteiger partial charge >= 0.3 is 5.97 Å². The number of rotatable bonds is 3. The number of nitrogens with two attached hydrogens (primary N) is 1. The minimum absolute atomic E-state index is 0.354. The Kier molecular flexibility index (Phi) is 4.45. The summed E-state index contributed by atoms with van der Waals surface area (Å²) >= 11 is 0. The molecule has 0 spiro atoms. The third-order valence-electron chi connectivity index (χ3n) is 1.06. The highest BCUT2D eigenvalue weighted by Crippen LogP contribution is 1.83. The third kappa shape index (κ3) is 4.75. The summed E-state index contributed by atoms with van der Waals surface area (Å²) in [6.07, 6.45) is 0. The van der Waals surface area contributed by atoms with E-state index in [1.165, 1.54) is 6.92 Å². The summed E-state index contributed by atoms with van der Waals surface area (Å²) in [5, 5.41) is 9.01. The van der Waals surface area contributed by atoms with Gasteiger partial charge in [-0.2, -0.15) is 0 Å². The first kappa shape index (κ1) is 11.4. The van der Waals surface area contributed by atoms with Gasteiger partial charge in [0.2, 0.25) is 5.91 Å². The van der Waals surface area contributed by atoms with Gasteiger partial charge in [-0.15, -0.1) is 0 Å². The lowest BCUT2D eigenvalue weighted by molar-refractivity contribution is -0.148. The standard InChI is InChI=1S/C6H11N3O4/c1-4(10)8-9(3-6(12)13)5(11)2-7/h2-3,7H2,1H3,(H,8,10)(H,12,13). The SMILES string of the molecule is CC(=O)NN(CC(=O)O)C(=O)CN. The van der Waals surface area contributed by atoms with Crippen LogP contribution in [-0.4, -0.2) is 41.0 Å². The number of amides is 2. The zero-order chi connectivity index (χ0) is 10.4. The van der Waals surface area contributed by atoms with E-state index in [0.717, 1.165) is 0 Å². The van der Waals surface area contributed by atoms with E-state index in [9.17, 15) is 14.4 Å². The second-order valence-corrected chi connectivity index (χ2v) is 2.25. The molecule has 0 aliphatic heterocycles. The van der Waals surface area contributed by atoms with Gasteiger partial charge in [-0.1, -0.05) is 0 Å². The van der Waals surface area contributed by atoms with Crippen LogP contribution in [0.3, 0.4) is 0 Å². The second kappa shape index (κ2) is 5.09. The molecule has 0 unspecified atom stereocenters. The molecule has 0 rings (SSSR count). The van der Waals surface area contributed by atoms with Gasteiger partial charge in [-0.05, 0) is 0 Å². The van der Waals surface area contributed by atoms with E-state index in [0.29, 0.717) is 5.01 Å². The summed E-state index contributed by atoms with van der Waals surface area (Å²) in [5.41, 5.74) is 7.03. The normalized spacial score (nSPS) is 9.08. The van der Waals surface area contributed by atoms with Crippen LogP contribution in [0.15, 0.2) is 0 Å². The molecule has 0 aliphatic rings. The van der Waals surface area contributed by atoms with Crippen LogP contribution in [0.5, 0.6) is 0 Å². The molecule has 0 saturated heterocycles. The molecule has 74 valence electrons. The average Bonchev–Trinajstić information content (AvgIpc) is 2.00. The number of nitrogens with one attached hydrogen (secondary N) is 1. The highest BCUT2D eigenvalue weighted by molar-refractivity contribution is 5.85. The Balaban J connectivity index is 4.26. The number of hydrazine groups is 1. The zero-order valence-corrected chi connectivity index (χ0v) is 7.11. The van der Waals surface area contributed by atoms with Crippen LogP contribution in [0.25, 0.3) is 0 Å². The molecular weight excluding hydrogens is 178 g/mol. The molecule has 0 atom stereocenters. The second-order valence-electron chi connectivity index (χ2n) is 2.25. The predicted molar refractivity (Wildman–Crippen MR) is 42.2 cm³/mol. The number of carbonyl (C=O) groups excluding carboxylic acids is 2. The maximum atomic E-state index is 10.9. The van der Waals surface area contributed by atoms with Crippen molar-refractivity contribution < 1.29 is 19.5 Å². The van der Waals surface area contributed by atoms with Gasteiger partial charge in [0.1, 0.15) is 6.54 Å². The maximum Gasteiger partial charge on any atom is 0.325 e. The molecule has 2 amide bonds. The molecule has 0 aliphatic carbocycles. The van der Waals surface area contributed by atoms with Crippen LogP contribution in [0.1, 0.15) is 6.92 Å². The minimum atomic E-state index is -1.23. The summed E-state index contributed by atoms with van der Waals surface area (Å²) < 4.78 is 0. The van der Waals surface area contributed by atoms with E-state index in [2.05, 4.69) is 0 Å². The van der Waals surface area contributed by atoms with Crippen molar-refractivity contribution in [2.75, 3.05) is 13.1 Å². The van der Waals surface area contributed by atoms with E-state index < -0.39 is 24.3 Å². The Bertz CT molecular complexity index is 212. The van der Waals surface area contributed by atoms with Crippen molar-refractivity contribution in [1.82, 2.24) is 10.4 Å². The van der Waals surface area contributed by atoms with Crippen LogP contribution < -0.4 is 11.2 Å². The number of hydrogen-bond acceptors (Lipinski definition) is 4. The van der Waals surface area contributed by atoms with Gasteiger partial charge < -0.3 is 10.8 Å². The lowest BCUT2D eigenvalue weighted by Crippen LogP contribution is -2.50. The predicted octanol–water partition coefficient (Wildman–Crippen LogP) is -2.09. The molecular formula is C6H11N3O4. The van der Waals surface area contributed by atoms with E-state index >= 15 is 0 Å². The summed E-state index contributed by atoms with van der Waals surface area (Å²) in [7, 11) is 0. The molecule has 0 heterocycles. The highest BCUT2D eigenvalue weighted by Gasteiger charge is 2.15. The molecule has 0 bridgehead atoms. The van der Waals surface area contributed by atoms with Crippen LogP contribution >= 0.6 is 0 Å². The molecule has 7 heteroatoms. The van der Waals surface area contributed by atoms with Gasteiger partial charge in [0.15, 0.2) is 0 Å². The van der Waals surface area contributed by atoms with E-state index in [4.69, 9.17) is 10.8 Å². The number of carbonyl (C=O) groups is 3. The van der Waals surface area contributed by atoms with Gasteiger partial charge in [0.05, 0.1) is 6.54 Å². The van der Waals surface area contributed by atoms with Crippen molar-refractivity contribution in [1.29, 1.82) is 0 Å². The van der Waals surface area contributed by atoms with Crippen molar-refractivity contribution in [3.8, 4) is 0 Å². The van der Waals surface area contributed by atoms with Crippen molar-refractivity contribution >= 4 is 17.8 Å². The molecule has 7 nitrogen and oxygen atoms in total. The first-order valence-corrected chi connectivity index (χ1v) is 3.46. The van der Waals surface area contributed by atoms with Crippen molar-refractivity contribution in [2.45, 2.75) is 6.92 Å². The maximum absolute atomic E-state index is 10.9. The molecule has 0 aromatic rings. The Labute approximate surface area is 74.5 Å².